The van der Waals surface area contributed by atoms with Gasteiger partial charge in [0.15, 0.2) is 0 Å². The van der Waals surface area contributed by atoms with Gasteiger partial charge in [-0.25, -0.2) is 4.79 Å². The summed E-state index contributed by atoms with van der Waals surface area (Å²) in [5.74, 6) is 0.0681. The minimum absolute atomic E-state index is 0.415. The van der Waals surface area contributed by atoms with E-state index < -0.39 is 5.97 Å². The zero-order valence-corrected chi connectivity index (χ0v) is 15.2. The molecule has 0 unspecified atom stereocenters. The van der Waals surface area contributed by atoms with Crippen LogP contribution in [0.2, 0.25) is 5.02 Å². The minimum Gasteiger partial charge on any atom is -0.478 e. The summed E-state index contributed by atoms with van der Waals surface area (Å²) in [5.41, 5.74) is 3.36. The van der Waals surface area contributed by atoms with E-state index in [4.69, 9.17) is 11.6 Å². The fourth-order valence-electron chi connectivity index (χ4n) is 3.14. The van der Waals surface area contributed by atoms with Crippen LogP contribution in [-0.4, -0.2) is 25.4 Å². The molecule has 3 rings (SSSR count). The van der Waals surface area contributed by atoms with E-state index in [0.717, 1.165) is 28.0 Å². The quantitative estimate of drug-likeness (QED) is 0.693. The first-order valence-electron chi connectivity index (χ1n) is 8.14. The van der Waals surface area contributed by atoms with Gasteiger partial charge in [0.25, 0.3) is 0 Å². The molecule has 1 aromatic carbocycles. The molecule has 0 radical (unpaired) electrons. The molecule has 0 aliphatic rings. The van der Waals surface area contributed by atoms with Gasteiger partial charge in [-0.3, -0.25) is 4.68 Å². The monoisotopic (exact) mass is 357 g/mol. The summed E-state index contributed by atoms with van der Waals surface area (Å²) in [6, 6.07) is 7.78. The van der Waals surface area contributed by atoms with Gasteiger partial charge in [0.2, 0.25) is 0 Å². The van der Waals surface area contributed by atoms with Crippen LogP contribution in [0.3, 0.4) is 0 Å². The molecular weight excluding hydrogens is 338 g/mol. The molecule has 2 heterocycles. The molecule has 0 spiro atoms. The van der Waals surface area contributed by atoms with Gasteiger partial charge in [0, 0.05) is 34.8 Å². The first kappa shape index (κ1) is 17.3. The van der Waals surface area contributed by atoms with E-state index in [2.05, 4.69) is 9.67 Å². The van der Waals surface area contributed by atoms with E-state index in [-0.39, 0.29) is 0 Å². The topological polar surface area (TPSA) is 60.0 Å². The Morgan fingerprint density at radius 2 is 2.12 bits per heavy atom. The fourth-order valence-corrected chi connectivity index (χ4v) is 3.32. The van der Waals surface area contributed by atoms with Crippen molar-refractivity contribution < 1.29 is 9.90 Å². The molecule has 0 aliphatic heterocycles. The molecule has 0 fully saturated rings. The predicted octanol–water partition coefficient (Wildman–Crippen LogP) is 4.29. The molecule has 0 amide bonds. The molecule has 0 saturated carbocycles. The first-order valence-corrected chi connectivity index (χ1v) is 8.52. The second-order valence-corrected chi connectivity index (χ2v) is 6.43. The fraction of sp³-hybridized carbons (Fsp3) is 0.263. The third-order valence-corrected chi connectivity index (χ3v) is 4.64. The van der Waals surface area contributed by atoms with Crippen LogP contribution in [0.25, 0.3) is 16.7 Å². The number of benzene rings is 1. The molecule has 5 nitrogen and oxygen atoms in total. The van der Waals surface area contributed by atoms with Gasteiger partial charge >= 0.3 is 5.97 Å². The van der Waals surface area contributed by atoms with Gasteiger partial charge in [0.1, 0.15) is 5.82 Å². The lowest BCUT2D eigenvalue weighted by Gasteiger charge is -2.09. The van der Waals surface area contributed by atoms with Gasteiger partial charge in [-0.1, -0.05) is 24.6 Å². The van der Waals surface area contributed by atoms with Crippen molar-refractivity contribution in [1.82, 2.24) is 14.3 Å². The van der Waals surface area contributed by atoms with Crippen molar-refractivity contribution in [2.45, 2.75) is 26.7 Å². The normalized spacial score (nSPS) is 12.1. The van der Waals surface area contributed by atoms with Crippen LogP contribution in [0.4, 0.5) is 0 Å². The molecule has 6 heteroatoms. The number of carboxylic acids is 1. The zero-order valence-electron chi connectivity index (χ0n) is 14.5. The number of allylic oxidation sites excluding steroid dienone is 1. The molecule has 0 saturated heterocycles. The Morgan fingerprint density at radius 3 is 2.80 bits per heavy atom. The number of hydrogen-bond acceptors (Lipinski definition) is 2. The lowest BCUT2D eigenvalue weighted by Crippen LogP contribution is -2.05. The second kappa shape index (κ2) is 6.76. The van der Waals surface area contributed by atoms with Gasteiger partial charge in [-0.15, -0.1) is 0 Å². The highest BCUT2D eigenvalue weighted by Crippen LogP contribution is 2.27. The summed E-state index contributed by atoms with van der Waals surface area (Å²) in [6.07, 6.45) is 4.79. The van der Waals surface area contributed by atoms with Gasteiger partial charge in [-0.2, -0.15) is 5.10 Å². The number of nitrogens with zero attached hydrogens (tertiary/aromatic N) is 3. The zero-order chi connectivity index (χ0) is 18.1. The lowest BCUT2D eigenvalue weighted by atomic mass is 10.1. The second-order valence-electron chi connectivity index (χ2n) is 5.99. The molecule has 3 aromatic rings. The molecule has 1 N–H and O–H groups in total. The summed E-state index contributed by atoms with van der Waals surface area (Å²) in [4.78, 5) is 11.3. The number of hydrogen-bond donors (Lipinski definition) is 1. The number of carboxylic acid groups (broad SMARTS) is 1. The predicted molar refractivity (Wildman–Crippen MR) is 99.5 cm³/mol. The van der Waals surface area contributed by atoms with Crippen molar-refractivity contribution in [3.63, 3.8) is 0 Å². The van der Waals surface area contributed by atoms with Crippen LogP contribution in [0.1, 0.15) is 24.6 Å². The van der Waals surface area contributed by atoms with E-state index >= 15 is 0 Å². The Morgan fingerprint density at radius 1 is 1.36 bits per heavy atom. The Bertz CT molecular complexity index is 982. The van der Waals surface area contributed by atoms with Crippen LogP contribution in [0.5, 0.6) is 0 Å². The SMILES string of the molecule is CCC(=CCc1c(C)nn(C)c1-n1ccc2cc(Cl)ccc21)C(=O)O. The number of fused-ring (bicyclic) bond motifs is 1. The Kier molecular flexibility index (Phi) is 4.68. The lowest BCUT2D eigenvalue weighted by molar-refractivity contribution is -0.132. The standard InChI is InChI=1S/C19H20ClN3O2/c1-4-13(19(24)25)5-7-16-12(2)21-22(3)18(16)23-10-9-14-11-15(20)6-8-17(14)23/h5-6,8-11H,4,7H2,1-3H3,(H,24,25). The molecule has 25 heavy (non-hydrogen) atoms. The van der Waals surface area contributed by atoms with Gasteiger partial charge in [-0.05, 0) is 44.0 Å². The van der Waals surface area contributed by atoms with Crippen molar-refractivity contribution in [2.75, 3.05) is 0 Å². The summed E-state index contributed by atoms with van der Waals surface area (Å²) in [6.45, 7) is 3.79. The van der Waals surface area contributed by atoms with E-state index in [0.29, 0.717) is 23.4 Å². The van der Waals surface area contributed by atoms with Crippen LogP contribution in [-0.2, 0) is 18.3 Å². The molecule has 0 aliphatic carbocycles. The minimum atomic E-state index is -0.869. The van der Waals surface area contributed by atoms with Crippen LogP contribution < -0.4 is 0 Å². The maximum absolute atomic E-state index is 11.3. The van der Waals surface area contributed by atoms with Crippen molar-refractivity contribution in [3.05, 3.63) is 58.4 Å². The van der Waals surface area contributed by atoms with E-state index in [1.54, 1.807) is 6.08 Å². The summed E-state index contributed by atoms with van der Waals surface area (Å²) in [5, 5.41) is 15.5. The number of aliphatic carboxylic acids is 1. The maximum atomic E-state index is 11.3. The van der Waals surface area contributed by atoms with E-state index in [1.165, 1.54) is 0 Å². The maximum Gasteiger partial charge on any atom is 0.331 e. The number of halogens is 1. The van der Waals surface area contributed by atoms with E-state index in [9.17, 15) is 9.90 Å². The van der Waals surface area contributed by atoms with Gasteiger partial charge < -0.3 is 9.67 Å². The Balaban J connectivity index is 2.12. The number of aryl methyl sites for hydroxylation is 2. The molecule has 130 valence electrons. The summed E-state index contributed by atoms with van der Waals surface area (Å²) < 4.78 is 3.90. The highest BCUT2D eigenvalue weighted by Gasteiger charge is 2.16. The Hall–Kier alpha value is -2.53. The molecule has 0 atom stereocenters. The summed E-state index contributed by atoms with van der Waals surface area (Å²) in [7, 11) is 1.90. The number of rotatable bonds is 5. The van der Waals surface area contributed by atoms with Crippen LogP contribution in [0.15, 0.2) is 42.1 Å². The smallest absolute Gasteiger partial charge is 0.331 e. The Labute approximate surface area is 151 Å². The van der Waals surface area contributed by atoms with E-state index in [1.807, 2.05) is 56.0 Å². The highest BCUT2D eigenvalue weighted by atomic mass is 35.5. The van der Waals surface area contributed by atoms with Crippen molar-refractivity contribution >= 4 is 28.5 Å². The van der Waals surface area contributed by atoms with Crippen LogP contribution >= 0.6 is 11.6 Å². The molecular formula is C19H20ClN3O2. The third-order valence-electron chi connectivity index (χ3n) is 4.40. The summed E-state index contributed by atoms with van der Waals surface area (Å²) >= 11 is 6.08. The van der Waals surface area contributed by atoms with Gasteiger partial charge in [0.05, 0.1) is 11.2 Å². The number of aromatic nitrogens is 3. The third kappa shape index (κ3) is 3.20. The van der Waals surface area contributed by atoms with Crippen molar-refractivity contribution in [2.24, 2.45) is 7.05 Å². The average Bonchev–Trinajstić information content (AvgIpc) is 3.07. The van der Waals surface area contributed by atoms with Crippen molar-refractivity contribution in [3.8, 4) is 5.82 Å². The highest BCUT2D eigenvalue weighted by molar-refractivity contribution is 6.31. The van der Waals surface area contributed by atoms with Crippen LogP contribution in [0, 0.1) is 6.92 Å². The molecule has 0 bridgehead atoms. The largest absolute Gasteiger partial charge is 0.478 e. The average molecular weight is 358 g/mol. The first-order chi connectivity index (χ1) is 11.9. The van der Waals surface area contributed by atoms with Crippen molar-refractivity contribution in [1.29, 1.82) is 0 Å². The number of carbonyl (C=O) groups is 1. The molecule has 2 aromatic heterocycles.